The first-order chi connectivity index (χ1) is 8.22. The van der Waals surface area contributed by atoms with Gasteiger partial charge in [0.05, 0.1) is 4.88 Å². The highest BCUT2D eigenvalue weighted by atomic mass is 32.1. The third-order valence-corrected chi connectivity index (χ3v) is 3.33. The average Bonchev–Trinajstić information content (AvgIpc) is 2.83. The third kappa shape index (κ3) is 2.47. The Morgan fingerprint density at radius 2 is 2.18 bits per heavy atom. The summed E-state index contributed by atoms with van der Waals surface area (Å²) in [4.78, 5) is 14.7. The summed E-state index contributed by atoms with van der Waals surface area (Å²) in [5.41, 5.74) is 7.24. The van der Waals surface area contributed by atoms with Gasteiger partial charge in [-0.05, 0) is 36.6 Å². The fourth-order valence-electron chi connectivity index (χ4n) is 1.67. The smallest absolute Gasteiger partial charge is 0.268 e. The van der Waals surface area contributed by atoms with Gasteiger partial charge in [0.15, 0.2) is 0 Å². The van der Waals surface area contributed by atoms with E-state index in [1.165, 1.54) is 11.3 Å². The van der Waals surface area contributed by atoms with Crippen molar-refractivity contribution < 1.29 is 4.79 Å². The van der Waals surface area contributed by atoms with Gasteiger partial charge in [-0.25, -0.2) is 0 Å². The Bertz CT molecular complexity index is 508. The number of hydrogen-bond donors (Lipinski definition) is 1. The molecule has 0 aliphatic heterocycles. The molecule has 0 aliphatic carbocycles. The van der Waals surface area contributed by atoms with Gasteiger partial charge in [-0.1, -0.05) is 12.1 Å². The number of carbonyl (C=O) groups is 1. The molecule has 0 fully saturated rings. The molecule has 0 aliphatic rings. The third-order valence-electron chi connectivity index (χ3n) is 2.48. The topological polar surface area (TPSA) is 46.3 Å². The SMILES string of the molecule is CCN(C(=O)c1cccs1)c1cccc(N)c1. The number of rotatable bonds is 3. The van der Waals surface area contributed by atoms with Gasteiger partial charge in [-0.15, -0.1) is 11.3 Å². The quantitative estimate of drug-likeness (QED) is 0.846. The highest BCUT2D eigenvalue weighted by Gasteiger charge is 2.16. The standard InChI is InChI=1S/C13H14N2OS/c1-2-15(11-6-3-5-10(14)9-11)13(16)12-7-4-8-17-12/h3-9H,2,14H2,1H3. The maximum absolute atomic E-state index is 12.2. The van der Waals surface area contributed by atoms with Crippen LogP contribution in [0, 0.1) is 0 Å². The predicted molar refractivity (Wildman–Crippen MR) is 72.5 cm³/mol. The van der Waals surface area contributed by atoms with E-state index in [4.69, 9.17) is 5.73 Å². The monoisotopic (exact) mass is 246 g/mol. The molecule has 17 heavy (non-hydrogen) atoms. The van der Waals surface area contributed by atoms with Gasteiger partial charge in [-0.2, -0.15) is 0 Å². The molecular formula is C13H14N2OS. The van der Waals surface area contributed by atoms with E-state index < -0.39 is 0 Å². The van der Waals surface area contributed by atoms with E-state index in [9.17, 15) is 4.79 Å². The summed E-state index contributed by atoms with van der Waals surface area (Å²) in [7, 11) is 0. The van der Waals surface area contributed by atoms with Gasteiger partial charge < -0.3 is 10.6 Å². The van der Waals surface area contributed by atoms with Crippen molar-refractivity contribution in [3.63, 3.8) is 0 Å². The molecule has 0 unspecified atom stereocenters. The summed E-state index contributed by atoms with van der Waals surface area (Å²) in [6.07, 6.45) is 0. The average molecular weight is 246 g/mol. The van der Waals surface area contributed by atoms with Gasteiger partial charge >= 0.3 is 0 Å². The fraction of sp³-hybridized carbons (Fsp3) is 0.154. The number of amides is 1. The molecule has 0 atom stereocenters. The van der Waals surface area contributed by atoms with Crippen LogP contribution in [0.5, 0.6) is 0 Å². The summed E-state index contributed by atoms with van der Waals surface area (Å²) in [5.74, 6) is 0.0214. The number of nitrogen functional groups attached to an aromatic ring is 1. The molecule has 0 saturated heterocycles. The highest BCUT2D eigenvalue weighted by Crippen LogP contribution is 2.21. The maximum atomic E-state index is 12.2. The largest absolute Gasteiger partial charge is 0.399 e. The zero-order valence-electron chi connectivity index (χ0n) is 9.59. The summed E-state index contributed by atoms with van der Waals surface area (Å²) in [6.45, 7) is 2.58. The summed E-state index contributed by atoms with van der Waals surface area (Å²) < 4.78 is 0. The minimum atomic E-state index is 0.0214. The van der Waals surface area contributed by atoms with E-state index in [0.29, 0.717) is 12.2 Å². The van der Waals surface area contributed by atoms with E-state index in [1.54, 1.807) is 4.90 Å². The Hall–Kier alpha value is -1.81. The van der Waals surface area contributed by atoms with Crippen molar-refractivity contribution in [2.75, 3.05) is 17.2 Å². The summed E-state index contributed by atoms with van der Waals surface area (Å²) in [5, 5.41) is 1.90. The normalized spacial score (nSPS) is 10.2. The Morgan fingerprint density at radius 1 is 1.35 bits per heavy atom. The van der Waals surface area contributed by atoms with Crippen molar-refractivity contribution in [2.45, 2.75) is 6.92 Å². The second kappa shape index (κ2) is 5.01. The molecule has 2 aromatic rings. The van der Waals surface area contributed by atoms with Crippen LogP contribution in [0.2, 0.25) is 0 Å². The van der Waals surface area contributed by atoms with Crippen molar-refractivity contribution in [1.29, 1.82) is 0 Å². The van der Waals surface area contributed by atoms with Crippen LogP contribution in [-0.2, 0) is 0 Å². The molecule has 4 heteroatoms. The predicted octanol–water partition coefficient (Wildman–Crippen LogP) is 3.00. The number of benzene rings is 1. The van der Waals surface area contributed by atoms with Gasteiger partial charge in [0.25, 0.3) is 5.91 Å². The Kier molecular flexibility index (Phi) is 3.44. The lowest BCUT2D eigenvalue weighted by molar-refractivity contribution is 0.0992. The molecule has 0 spiro atoms. The first-order valence-electron chi connectivity index (χ1n) is 5.43. The summed E-state index contributed by atoms with van der Waals surface area (Å²) >= 11 is 1.45. The zero-order valence-corrected chi connectivity index (χ0v) is 10.4. The lowest BCUT2D eigenvalue weighted by Crippen LogP contribution is -2.29. The molecular weight excluding hydrogens is 232 g/mol. The van der Waals surface area contributed by atoms with E-state index in [0.717, 1.165) is 10.6 Å². The van der Waals surface area contributed by atoms with Crippen molar-refractivity contribution in [3.8, 4) is 0 Å². The van der Waals surface area contributed by atoms with Gasteiger partial charge in [0.1, 0.15) is 0 Å². The van der Waals surface area contributed by atoms with E-state index in [2.05, 4.69) is 0 Å². The minimum absolute atomic E-state index is 0.0214. The Labute approximate surface area is 104 Å². The number of nitrogens with zero attached hydrogens (tertiary/aromatic N) is 1. The molecule has 88 valence electrons. The highest BCUT2D eigenvalue weighted by molar-refractivity contribution is 7.12. The minimum Gasteiger partial charge on any atom is -0.399 e. The lowest BCUT2D eigenvalue weighted by Gasteiger charge is -2.20. The Balaban J connectivity index is 2.31. The molecule has 3 nitrogen and oxygen atoms in total. The molecule has 0 bridgehead atoms. The van der Waals surface area contributed by atoms with Gasteiger partial charge in [0, 0.05) is 17.9 Å². The first-order valence-corrected chi connectivity index (χ1v) is 6.31. The van der Waals surface area contributed by atoms with Crippen LogP contribution in [0.1, 0.15) is 16.6 Å². The van der Waals surface area contributed by atoms with Crippen molar-refractivity contribution in [3.05, 3.63) is 46.7 Å². The van der Waals surface area contributed by atoms with Crippen molar-refractivity contribution >= 4 is 28.6 Å². The van der Waals surface area contributed by atoms with Gasteiger partial charge in [0.2, 0.25) is 0 Å². The number of nitrogens with two attached hydrogens (primary N) is 1. The number of hydrogen-bond acceptors (Lipinski definition) is 3. The molecule has 1 heterocycles. The second-order valence-corrected chi connectivity index (χ2v) is 4.57. The van der Waals surface area contributed by atoms with Crippen molar-refractivity contribution in [1.82, 2.24) is 0 Å². The van der Waals surface area contributed by atoms with Crippen LogP contribution in [0.3, 0.4) is 0 Å². The molecule has 1 amide bonds. The van der Waals surface area contributed by atoms with Crippen LogP contribution in [0.25, 0.3) is 0 Å². The molecule has 2 rings (SSSR count). The summed E-state index contributed by atoms with van der Waals surface area (Å²) in [6, 6.07) is 11.1. The van der Waals surface area contributed by atoms with Crippen molar-refractivity contribution in [2.24, 2.45) is 0 Å². The molecule has 0 radical (unpaired) electrons. The first kappa shape index (κ1) is 11.7. The van der Waals surface area contributed by atoms with Crippen LogP contribution >= 0.6 is 11.3 Å². The molecule has 1 aromatic heterocycles. The van der Waals surface area contributed by atoms with Gasteiger partial charge in [-0.3, -0.25) is 4.79 Å². The number of thiophene rings is 1. The van der Waals surface area contributed by atoms with E-state index in [1.807, 2.05) is 48.7 Å². The Morgan fingerprint density at radius 3 is 2.76 bits per heavy atom. The van der Waals surface area contributed by atoms with Crippen LogP contribution in [-0.4, -0.2) is 12.5 Å². The number of carbonyl (C=O) groups excluding carboxylic acids is 1. The van der Waals surface area contributed by atoms with Crippen LogP contribution in [0.4, 0.5) is 11.4 Å². The van der Waals surface area contributed by atoms with E-state index in [-0.39, 0.29) is 5.91 Å². The molecule has 1 aromatic carbocycles. The zero-order chi connectivity index (χ0) is 12.3. The van der Waals surface area contributed by atoms with Crippen LogP contribution in [0.15, 0.2) is 41.8 Å². The maximum Gasteiger partial charge on any atom is 0.268 e. The second-order valence-electron chi connectivity index (χ2n) is 3.62. The van der Waals surface area contributed by atoms with E-state index >= 15 is 0 Å². The number of anilines is 2. The fourth-order valence-corrected chi connectivity index (χ4v) is 2.34. The van der Waals surface area contributed by atoms with Crippen LogP contribution < -0.4 is 10.6 Å². The lowest BCUT2D eigenvalue weighted by atomic mass is 10.2. The molecule has 2 N–H and O–H groups in total. The molecule has 0 saturated carbocycles.